The van der Waals surface area contributed by atoms with Gasteiger partial charge < -0.3 is 18.9 Å². The van der Waals surface area contributed by atoms with Gasteiger partial charge in [-0.2, -0.15) is 0 Å². The molecular weight excluding hydrogens is 448 g/mol. The highest BCUT2D eigenvalue weighted by molar-refractivity contribution is 4.62. The molecule has 4 nitrogen and oxygen atoms in total. The largest absolute Gasteiger partial charge is 0.353 e. The molecule has 0 radical (unpaired) electrons. The van der Waals surface area contributed by atoms with Crippen LogP contribution in [0, 0.1) is 0 Å². The van der Waals surface area contributed by atoms with E-state index in [9.17, 15) is 0 Å². The zero-order valence-corrected chi connectivity index (χ0v) is 25.6. The average molecular weight is 515 g/mol. The van der Waals surface area contributed by atoms with Crippen LogP contribution in [0.4, 0.5) is 0 Å². The molecule has 0 saturated carbocycles. The van der Waals surface area contributed by atoms with E-state index in [2.05, 4.69) is 0 Å². The molecule has 0 bridgehead atoms. The third kappa shape index (κ3) is 21.9. The van der Waals surface area contributed by atoms with Gasteiger partial charge in [0.15, 0.2) is 11.6 Å². The number of hydrogen-bond acceptors (Lipinski definition) is 4. The fraction of sp³-hybridized carbons (Fsp3) is 1.00. The van der Waals surface area contributed by atoms with Gasteiger partial charge in [-0.1, -0.05) is 128 Å². The van der Waals surface area contributed by atoms with Crippen molar-refractivity contribution in [2.75, 3.05) is 28.4 Å². The van der Waals surface area contributed by atoms with Gasteiger partial charge in [-0.15, -0.1) is 0 Å². The van der Waals surface area contributed by atoms with E-state index in [4.69, 9.17) is 18.9 Å². The van der Waals surface area contributed by atoms with Crippen molar-refractivity contribution in [1.82, 2.24) is 0 Å². The molecule has 0 aliphatic carbocycles. The van der Waals surface area contributed by atoms with Crippen molar-refractivity contribution in [3.63, 3.8) is 0 Å². The van der Waals surface area contributed by atoms with E-state index >= 15 is 0 Å². The molecule has 0 saturated heterocycles. The number of rotatable bonds is 29. The van der Waals surface area contributed by atoms with E-state index < -0.39 is 0 Å². The third-order valence-electron chi connectivity index (χ3n) is 8.24. The van der Waals surface area contributed by atoms with Gasteiger partial charge in [-0.3, -0.25) is 0 Å². The van der Waals surface area contributed by atoms with Crippen LogP contribution in [0.25, 0.3) is 0 Å². The molecule has 36 heavy (non-hydrogen) atoms. The van der Waals surface area contributed by atoms with Crippen molar-refractivity contribution in [1.29, 1.82) is 0 Å². The van der Waals surface area contributed by atoms with Crippen molar-refractivity contribution in [2.45, 2.75) is 180 Å². The summed E-state index contributed by atoms with van der Waals surface area (Å²) >= 11 is 0. The van der Waals surface area contributed by atoms with E-state index in [1.165, 1.54) is 141 Å². The van der Waals surface area contributed by atoms with Crippen LogP contribution in [0.1, 0.15) is 168 Å². The Morgan fingerprint density at radius 2 is 0.417 bits per heavy atom. The van der Waals surface area contributed by atoms with Crippen LogP contribution in [0.5, 0.6) is 0 Å². The van der Waals surface area contributed by atoms with Crippen LogP contribution in [0.2, 0.25) is 0 Å². The van der Waals surface area contributed by atoms with Gasteiger partial charge in [-0.05, 0) is 26.7 Å². The molecule has 0 fully saturated rings. The molecule has 0 aromatic rings. The summed E-state index contributed by atoms with van der Waals surface area (Å²) in [6, 6.07) is 0. The van der Waals surface area contributed by atoms with E-state index in [0.717, 1.165) is 12.8 Å². The van der Waals surface area contributed by atoms with Gasteiger partial charge >= 0.3 is 0 Å². The van der Waals surface area contributed by atoms with Gasteiger partial charge in [0, 0.05) is 41.3 Å². The van der Waals surface area contributed by atoms with Crippen LogP contribution in [0.3, 0.4) is 0 Å². The second kappa shape index (κ2) is 25.1. The molecular formula is C32H66O4. The standard InChI is InChI=1S/C32H66O4/c1-31(33-3,34-4)29-27-25-23-21-19-17-15-13-11-9-7-8-10-12-14-16-18-20-22-24-26-28-30-32(2,35-5)36-6/h7-30H2,1-6H3. The summed E-state index contributed by atoms with van der Waals surface area (Å²) in [5.41, 5.74) is 0. The molecule has 0 rings (SSSR count). The van der Waals surface area contributed by atoms with E-state index in [1.54, 1.807) is 28.4 Å². The molecule has 4 heteroatoms. The minimum atomic E-state index is -0.390. The minimum Gasteiger partial charge on any atom is -0.353 e. The van der Waals surface area contributed by atoms with E-state index in [1.807, 2.05) is 13.8 Å². The van der Waals surface area contributed by atoms with Crippen molar-refractivity contribution in [2.24, 2.45) is 0 Å². The van der Waals surface area contributed by atoms with E-state index in [0.29, 0.717) is 0 Å². The van der Waals surface area contributed by atoms with Crippen molar-refractivity contribution >= 4 is 0 Å². The monoisotopic (exact) mass is 514 g/mol. The molecule has 0 unspecified atom stereocenters. The van der Waals surface area contributed by atoms with Crippen LogP contribution >= 0.6 is 0 Å². The summed E-state index contributed by atoms with van der Waals surface area (Å²) in [6.07, 6.45) is 32.6. The second-order valence-corrected chi connectivity index (χ2v) is 11.4. The summed E-state index contributed by atoms with van der Waals surface area (Å²) in [4.78, 5) is 0. The third-order valence-corrected chi connectivity index (χ3v) is 8.24. The summed E-state index contributed by atoms with van der Waals surface area (Å²) in [5.74, 6) is -0.779. The summed E-state index contributed by atoms with van der Waals surface area (Å²) < 4.78 is 21.7. The zero-order valence-electron chi connectivity index (χ0n) is 25.6. The van der Waals surface area contributed by atoms with Crippen molar-refractivity contribution in [3.05, 3.63) is 0 Å². The predicted octanol–water partition coefficient (Wildman–Crippen LogP) is 10.4. The molecule has 0 heterocycles. The lowest BCUT2D eigenvalue weighted by molar-refractivity contribution is -0.198. The smallest absolute Gasteiger partial charge is 0.164 e. The molecule has 0 N–H and O–H groups in total. The van der Waals surface area contributed by atoms with Crippen LogP contribution in [-0.2, 0) is 18.9 Å². The lowest BCUT2D eigenvalue weighted by Gasteiger charge is -2.26. The van der Waals surface area contributed by atoms with Crippen LogP contribution in [-0.4, -0.2) is 40.0 Å². The molecule has 0 aliphatic heterocycles. The fourth-order valence-corrected chi connectivity index (χ4v) is 5.00. The number of unbranched alkanes of at least 4 members (excludes halogenated alkanes) is 21. The van der Waals surface area contributed by atoms with Crippen LogP contribution in [0.15, 0.2) is 0 Å². The second-order valence-electron chi connectivity index (χ2n) is 11.4. The van der Waals surface area contributed by atoms with Gasteiger partial charge in [0.2, 0.25) is 0 Å². The number of hydrogen-bond donors (Lipinski definition) is 0. The first-order valence-electron chi connectivity index (χ1n) is 15.7. The zero-order chi connectivity index (χ0) is 26.8. The predicted molar refractivity (Wildman–Crippen MR) is 156 cm³/mol. The lowest BCUT2D eigenvalue weighted by Crippen LogP contribution is -2.29. The Hall–Kier alpha value is -0.160. The maximum atomic E-state index is 5.42. The first kappa shape index (κ1) is 35.8. The maximum absolute atomic E-state index is 5.42. The van der Waals surface area contributed by atoms with E-state index in [-0.39, 0.29) is 11.6 Å². The Kier molecular flexibility index (Phi) is 25.0. The Bertz CT molecular complexity index is 392. The highest BCUT2D eigenvalue weighted by Gasteiger charge is 2.22. The van der Waals surface area contributed by atoms with Gasteiger partial charge in [-0.25, -0.2) is 0 Å². The fourth-order valence-electron chi connectivity index (χ4n) is 5.00. The molecule has 0 aliphatic rings. The summed E-state index contributed by atoms with van der Waals surface area (Å²) in [7, 11) is 6.94. The quantitative estimate of drug-likeness (QED) is 0.0734. The topological polar surface area (TPSA) is 36.9 Å². The lowest BCUT2D eigenvalue weighted by atomic mass is 10.0. The SMILES string of the molecule is COC(C)(CCCCCCCCCCCCCCCCCCCCCCCCC(C)(OC)OC)OC. The molecule has 0 spiro atoms. The van der Waals surface area contributed by atoms with Crippen molar-refractivity contribution in [3.8, 4) is 0 Å². The average Bonchev–Trinajstić information content (AvgIpc) is 2.90. The molecule has 0 aromatic heterocycles. The number of methoxy groups -OCH3 is 4. The Morgan fingerprint density at radius 1 is 0.278 bits per heavy atom. The molecule has 0 amide bonds. The molecule has 0 atom stereocenters. The van der Waals surface area contributed by atoms with Gasteiger partial charge in [0.25, 0.3) is 0 Å². The molecule has 218 valence electrons. The Labute approximate surface area is 227 Å². The van der Waals surface area contributed by atoms with Crippen molar-refractivity contribution < 1.29 is 18.9 Å². The minimum absolute atomic E-state index is 0.390. The Morgan fingerprint density at radius 3 is 0.556 bits per heavy atom. The number of ether oxygens (including phenoxy) is 4. The summed E-state index contributed by atoms with van der Waals surface area (Å²) in [6.45, 7) is 4.06. The van der Waals surface area contributed by atoms with Gasteiger partial charge in [0.05, 0.1) is 0 Å². The van der Waals surface area contributed by atoms with Crippen LogP contribution < -0.4 is 0 Å². The first-order chi connectivity index (χ1) is 17.4. The Balaban J connectivity index is 3.18. The highest BCUT2D eigenvalue weighted by Crippen LogP contribution is 2.21. The summed E-state index contributed by atoms with van der Waals surface area (Å²) in [5, 5.41) is 0. The first-order valence-corrected chi connectivity index (χ1v) is 15.7. The van der Waals surface area contributed by atoms with Gasteiger partial charge in [0.1, 0.15) is 0 Å². The normalized spacial score (nSPS) is 12.5. The highest BCUT2D eigenvalue weighted by atomic mass is 16.7. The molecule has 0 aromatic carbocycles. The maximum Gasteiger partial charge on any atom is 0.164 e.